The van der Waals surface area contributed by atoms with Gasteiger partial charge in [-0.25, -0.2) is 0 Å². The van der Waals surface area contributed by atoms with Crippen LogP contribution in [0.25, 0.3) is 0 Å². The number of hydrogen-bond acceptors (Lipinski definition) is 5. The first-order valence-electron chi connectivity index (χ1n) is 13.0. The summed E-state index contributed by atoms with van der Waals surface area (Å²) in [6, 6.07) is 0. The average molecular weight is 439 g/mol. The van der Waals surface area contributed by atoms with E-state index in [1.807, 2.05) is 0 Å². The molecule has 4 aliphatic rings. The highest BCUT2D eigenvalue weighted by molar-refractivity contribution is 5.14. The monoisotopic (exact) mass is 438 g/mol. The average Bonchev–Trinajstić information content (AvgIpc) is 3.07. The Morgan fingerprint density at radius 2 is 1.65 bits per heavy atom. The highest BCUT2D eigenvalue weighted by atomic mass is 16.3. The quantitative estimate of drug-likeness (QED) is 0.439. The Balaban J connectivity index is 1.54. The fraction of sp³-hybridized carbons (Fsp3) is 1.00. The van der Waals surface area contributed by atoms with Crippen LogP contribution in [-0.2, 0) is 0 Å². The molecule has 5 N–H and O–H groups in total. The van der Waals surface area contributed by atoms with Gasteiger partial charge in [-0.1, -0.05) is 20.8 Å². The van der Waals surface area contributed by atoms with Crippen molar-refractivity contribution in [2.24, 2.45) is 46.3 Å². The fourth-order valence-electron chi connectivity index (χ4n) is 9.08. The molecule has 5 nitrogen and oxygen atoms in total. The van der Waals surface area contributed by atoms with E-state index in [1.165, 1.54) is 0 Å². The summed E-state index contributed by atoms with van der Waals surface area (Å²) >= 11 is 0. The predicted octanol–water partition coefficient (Wildman–Crippen LogP) is 3.11. The molecule has 4 rings (SSSR count). The van der Waals surface area contributed by atoms with E-state index in [-0.39, 0.29) is 41.7 Å². The van der Waals surface area contributed by atoms with Crippen LogP contribution < -0.4 is 0 Å². The van der Waals surface area contributed by atoms with E-state index in [0.717, 1.165) is 51.4 Å². The van der Waals surface area contributed by atoms with Crippen LogP contribution in [0.1, 0.15) is 85.0 Å². The SMILES string of the molecule is C[C@H](CC[C@@H](O)CCO)[C@H]1CC[C@H]2[C@@H]3[C@H](O)CC4C[C@H](O)CC[C@]4(C)[C@H]3C[C@H](O)[C@]12C. The number of rotatable bonds is 6. The lowest BCUT2D eigenvalue weighted by Gasteiger charge is -2.63. The third kappa shape index (κ3) is 3.90. The van der Waals surface area contributed by atoms with Gasteiger partial charge in [0.2, 0.25) is 0 Å². The summed E-state index contributed by atoms with van der Waals surface area (Å²) in [6.07, 6.45) is 7.06. The highest BCUT2D eigenvalue weighted by Crippen LogP contribution is 2.68. The summed E-state index contributed by atoms with van der Waals surface area (Å²) < 4.78 is 0. The van der Waals surface area contributed by atoms with E-state index >= 15 is 0 Å². The second-order valence-corrected chi connectivity index (χ2v) is 12.2. The molecule has 4 fully saturated rings. The molecule has 0 amide bonds. The van der Waals surface area contributed by atoms with Crippen molar-refractivity contribution in [3.8, 4) is 0 Å². The number of hydrogen-bond donors (Lipinski definition) is 5. The third-order valence-electron chi connectivity index (χ3n) is 10.9. The Kier molecular flexibility index (Phi) is 6.85. The summed E-state index contributed by atoms with van der Waals surface area (Å²) in [5.74, 6) is 2.09. The van der Waals surface area contributed by atoms with E-state index in [0.29, 0.717) is 42.4 Å². The van der Waals surface area contributed by atoms with Crippen LogP contribution in [0.2, 0.25) is 0 Å². The van der Waals surface area contributed by atoms with Crippen molar-refractivity contribution in [3.05, 3.63) is 0 Å². The zero-order valence-electron chi connectivity index (χ0n) is 19.8. The van der Waals surface area contributed by atoms with Gasteiger partial charge in [0.25, 0.3) is 0 Å². The number of fused-ring (bicyclic) bond motifs is 5. The highest BCUT2D eigenvalue weighted by Gasteiger charge is 2.65. The molecule has 5 heteroatoms. The van der Waals surface area contributed by atoms with Gasteiger partial charge < -0.3 is 25.5 Å². The fourth-order valence-corrected chi connectivity index (χ4v) is 9.08. The molecule has 0 aromatic carbocycles. The van der Waals surface area contributed by atoms with Gasteiger partial charge in [-0.15, -0.1) is 0 Å². The largest absolute Gasteiger partial charge is 0.396 e. The molecule has 31 heavy (non-hydrogen) atoms. The van der Waals surface area contributed by atoms with Crippen molar-refractivity contribution >= 4 is 0 Å². The lowest BCUT2D eigenvalue weighted by atomic mass is 9.43. The molecule has 0 aromatic heterocycles. The minimum atomic E-state index is -0.447. The predicted molar refractivity (Wildman–Crippen MR) is 120 cm³/mol. The molecule has 0 spiro atoms. The summed E-state index contributed by atoms with van der Waals surface area (Å²) in [4.78, 5) is 0. The first kappa shape index (κ1) is 23.9. The third-order valence-corrected chi connectivity index (χ3v) is 10.9. The van der Waals surface area contributed by atoms with E-state index in [2.05, 4.69) is 20.8 Å². The molecule has 0 radical (unpaired) electrons. The molecule has 12 atom stereocenters. The summed E-state index contributed by atoms with van der Waals surface area (Å²) in [5, 5.41) is 52.3. The lowest BCUT2D eigenvalue weighted by Crippen LogP contribution is -2.62. The first-order chi connectivity index (χ1) is 14.6. The molecule has 1 unspecified atom stereocenters. The van der Waals surface area contributed by atoms with Gasteiger partial charge in [0.1, 0.15) is 0 Å². The van der Waals surface area contributed by atoms with E-state index in [4.69, 9.17) is 5.11 Å². The lowest BCUT2D eigenvalue weighted by molar-refractivity contribution is -0.207. The maximum atomic E-state index is 11.6. The summed E-state index contributed by atoms with van der Waals surface area (Å²) in [5.41, 5.74) is -0.0651. The minimum Gasteiger partial charge on any atom is -0.396 e. The zero-order chi connectivity index (χ0) is 22.6. The van der Waals surface area contributed by atoms with Crippen LogP contribution in [0.15, 0.2) is 0 Å². The zero-order valence-corrected chi connectivity index (χ0v) is 19.8. The standard InChI is InChI=1S/C26H46O5/c1-15(4-5-17(28)9-11-27)19-6-7-20-24-21(14-23(31)26(19,20)3)25(2)10-8-18(29)12-16(25)13-22(24)30/h15-24,27-31H,4-14H2,1-3H3/t15-,16?,17-,18-,19-,20+,21+,22-,23+,24+,25+,26-/m1/s1. The molecule has 4 aliphatic carbocycles. The van der Waals surface area contributed by atoms with Gasteiger partial charge in [-0.2, -0.15) is 0 Å². The van der Waals surface area contributed by atoms with Crippen molar-refractivity contribution in [2.45, 2.75) is 109 Å². The van der Waals surface area contributed by atoms with Crippen LogP contribution in [0.4, 0.5) is 0 Å². The van der Waals surface area contributed by atoms with Crippen molar-refractivity contribution in [1.29, 1.82) is 0 Å². The first-order valence-corrected chi connectivity index (χ1v) is 13.0. The van der Waals surface area contributed by atoms with Crippen LogP contribution in [0.3, 0.4) is 0 Å². The molecule has 0 aromatic rings. The Hall–Kier alpha value is -0.200. The van der Waals surface area contributed by atoms with E-state index < -0.39 is 6.10 Å². The second kappa shape index (κ2) is 8.87. The van der Waals surface area contributed by atoms with Gasteiger partial charge in [0.15, 0.2) is 0 Å². The Labute approximate surface area is 188 Å². The molecule has 0 heterocycles. The van der Waals surface area contributed by atoms with Crippen molar-refractivity contribution in [1.82, 2.24) is 0 Å². The Morgan fingerprint density at radius 1 is 0.903 bits per heavy atom. The van der Waals surface area contributed by atoms with E-state index in [9.17, 15) is 20.4 Å². The normalized spacial score (nSPS) is 51.5. The minimum absolute atomic E-state index is 0.0230. The Bertz CT molecular complexity index is 627. The van der Waals surface area contributed by atoms with Crippen molar-refractivity contribution in [2.75, 3.05) is 6.61 Å². The van der Waals surface area contributed by atoms with E-state index in [1.54, 1.807) is 0 Å². The van der Waals surface area contributed by atoms with Gasteiger partial charge in [0.05, 0.1) is 24.4 Å². The molecular formula is C26H46O5. The maximum absolute atomic E-state index is 11.6. The van der Waals surface area contributed by atoms with Gasteiger partial charge >= 0.3 is 0 Å². The van der Waals surface area contributed by atoms with Gasteiger partial charge in [0, 0.05) is 6.61 Å². The van der Waals surface area contributed by atoms with Crippen LogP contribution >= 0.6 is 0 Å². The van der Waals surface area contributed by atoms with Gasteiger partial charge in [-0.3, -0.25) is 0 Å². The van der Waals surface area contributed by atoms with Crippen LogP contribution in [-0.4, -0.2) is 56.6 Å². The van der Waals surface area contributed by atoms with Crippen molar-refractivity contribution < 1.29 is 25.5 Å². The summed E-state index contributed by atoms with van der Waals surface area (Å²) in [6.45, 7) is 6.94. The summed E-state index contributed by atoms with van der Waals surface area (Å²) in [7, 11) is 0. The molecule has 0 aliphatic heterocycles. The van der Waals surface area contributed by atoms with Crippen LogP contribution in [0.5, 0.6) is 0 Å². The molecule has 0 saturated heterocycles. The topological polar surface area (TPSA) is 101 Å². The molecule has 180 valence electrons. The molecule has 0 bridgehead atoms. The van der Waals surface area contributed by atoms with Gasteiger partial charge in [-0.05, 0) is 111 Å². The second-order valence-electron chi connectivity index (χ2n) is 12.2. The maximum Gasteiger partial charge on any atom is 0.0602 e. The van der Waals surface area contributed by atoms with Crippen LogP contribution in [0, 0.1) is 46.3 Å². The smallest absolute Gasteiger partial charge is 0.0602 e. The molecular weight excluding hydrogens is 392 g/mol. The Morgan fingerprint density at radius 3 is 2.35 bits per heavy atom. The van der Waals surface area contributed by atoms with Crippen molar-refractivity contribution in [3.63, 3.8) is 0 Å². The molecule has 4 saturated carbocycles. The number of aliphatic hydroxyl groups excluding tert-OH is 5. The number of aliphatic hydroxyl groups is 5.